The molecular formula is C18H25NO5. The normalized spacial score (nSPS) is 13.2. The first-order valence-corrected chi connectivity index (χ1v) is 7.88. The van der Waals surface area contributed by atoms with Crippen LogP contribution in [0.1, 0.15) is 50.4 Å². The van der Waals surface area contributed by atoms with Crippen molar-refractivity contribution < 1.29 is 24.2 Å². The molecule has 0 bridgehead atoms. The number of nitrogens with one attached hydrogen (secondary N) is 1. The fourth-order valence-electron chi connectivity index (χ4n) is 2.24. The van der Waals surface area contributed by atoms with Crippen LogP contribution in [0.5, 0.6) is 5.75 Å². The van der Waals surface area contributed by atoms with Crippen LogP contribution in [0, 0.1) is 5.92 Å². The highest BCUT2D eigenvalue weighted by atomic mass is 16.5. The number of hydrogen-bond acceptors (Lipinski definition) is 4. The van der Waals surface area contributed by atoms with Gasteiger partial charge in [0.1, 0.15) is 5.75 Å². The van der Waals surface area contributed by atoms with Gasteiger partial charge in [0.05, 0.1) is 13.5 Å². The number of benzene rings is 1. The van der Waals surface area contributed by atoms with E-state index in [4.69, 9.17) is 9.84 Å². The van der Waals surface area contributed by atoms with Crippen molar-refractivity contribution in [3.05, 3.63) is 29.8 Å². The monoisotopic (exact) mass is 335 g/mol. The minimum atomic E-state index is -0.971. The van der Waals surface area contributed by atoms with Crippen LogP contribution in [0.3, 0.4) is 0 Å². The third-order valence-corrected chi connectivity index (χ3v) is 4.21. The Hall–Kier alpha value is -2.37. The second-order valence-corrected chi connectivity index (χ2v) is 6.34. The van der Waals surface area contributed by atoms with Gasteiger partial charge in [0, 0.05) is 23.9 Å². The van der Waals surface area contributed by atoms with Gasteiger partial charge < -0.3 is 15.2 Å². The number of ether oxygens (including phenoxy) is 1. The van der Waals surface area contributed by atoms with Gasteiger partial charge in [-0.3, -0.25) is 14.4 Å². The third kappa shape index (κ3) is 5.68. The van der Waals surface area contributed by atoms with Crippen molar-refractivity contribution in [1.82, 2.24) is 5.32 Å². The second kappa shape index (κ2) is 8.47. The molecule has 1 rings (SSSR count). The van der Waals surface area contributed by atoms with Crippen molar-refractivity contribution in [2.45, 2.75) is 45.6 Å². The maximum atomic E-state index is 12.1. The molecule has 1 aromatic rings. The number of aliphatic carboxylic acids is 1. The Labute approximate surface area is 142 Å². The van der Waals surface area contributed by atoms with Crippen molar-refractivity contribution in [2.24, 2.45) is 5.92 Å². The largest absolute Gasteiger partial charge is 0.497 e. The molecule has 1 amide bonds. The molecular weight excluding hydrogens is 310 g/mol. The molecule has 24 heavy (non-hydrogen) atoms. The van der Waals surface area contributed by atoms with Crippen LogP contribution in [0.25, 0.3) is 0 Å². The molecule has 0 radical (unpaired) electrons. The van der Waals surface area contributed by atoms with Gasteiger partial charge in [0.25, 0.3) is 0 Å². The van der Waals surface area contributed by atoms with E-state index >= 15 is 0 Å². The number of carboxylic acid groups (broad SMARTS) is 1. The lowest BCUT2D eigenvalue weighted by atomic mass is 9.85. The van der Waals surface area contributed by atoms with Crippen LogP contribution in [0.15, 0.2) is 24.3 Å². The van der Waals surface area contributed by atoms with Gasteiger partial charge in [-0.2, -0.15) is 0 Å². The Kier molecular flexibility index (Phi) is 6.95. The highest BCUT2D eigenvalue weighted by Crippen LogP contribution is 2.21. The van der Waals surface area contributed by atoms with Crippen molar-refractivity contribution in [1.29, 1.82) is 0 Å². The van der Waals surface area contributed by atoms with E-state index in [-0.39, 0.29) is 36.9 Å². The average Bonchev–Trinajstić information content (AvgIpc) is 2.51. The third-order valence-electron chi connectivity index (χ3n) is 4.21. The van der Waals surface area contributed by atoms with Crippen LogP contribution in [0.2, 0.25) is 0 Å². The number of hydrogen-bond donors (Lipinski definition) is 2. The summed E-state index contributed by atoms with van der Waals surface area (Å²) in [6.45, 7) is 5.41. The number of methoxy groups -OCH3 is 1. The lowest BCUT2D eigenvalue weighted by Gasteiger charge is -2.33. The van der Waals surface area contributed by atoms with E-state index in [9.17, 15) is 14.4 Å². The zero-order valence-electron chi connectivity index (χ0n) is 14.6. The number of rotatable bonds is 9. The lowest BCUT2D eigenvalue weighted by Crippen LogP contribution is -2.51. The fraction of sp³-hybridized carbons (Fsp3) is 0.500. The summed E-state index contributed by atoms with van der Waals surface area (Å²) in [7, 11) is 1.55. The predicted molar refractivity (Wildman–Crippen MR) is 90.2 cm³/mol. The van der Waals surface area contributed by atoms with Gasteiger partial charge in [0.2, 0.25) is 5.91 Å². The van der Waals surface area contributed by atoms with Gasteiger partial charge >= 0.3 is 5.97 Å². The van der Waals surface area contributed by atoms with Crippen LogP contribution in [-0.4, -0.2) is 35.4 Å². The smallest absolute Gasteiger partial charge is 0.305 e. The maximum Gasteiger partial charge on any atom is 0.305 e. The van der Waals surface area contributed by atoms with Gasteiger partial charge in [0.15, 0.2) is 5.78 Å². The summed E-state index contributed by atoms with van der Waals surface area (Å²) in [5, 5.41) is 11.8. The average molecular weight is 335 g/mol. The first-order chi connectivity index (χ1) is 11.2. The zero-order chi connectivity index (χ0) is 18.3. The summed E-state index contributed by atoms with van der Waals surface area (Å²) in [5.74, 6) is -0.826. The number of amides is 1. The molecule has 0 aromatic heterocycles. The molecule has 0 aliphatic carbocycles. The van der Waals surface area contributed by atoms with E-state index in [0.717, 1.165) is 0 Å². The first-order valence-electron chi connectivity index (χ1n) is 7.88. The number of ketones is 1. The molecule has 1 atom stereocenters. The summed E-state index contributed by atoms with van der Waals surface area (Å²) < 4.78 is 5.03. The molecule has 132 valence electrons. The Balaban J connectivity index is 2.60. The Morgan fingerprint density at radius 3 is 2.21 bits per heavy atom. The van der Waals surface area contributed by atoms with Crippen molar-refractivity contribution >= 4 is 17.7 Å². The Morgan fingerprint density at radius 2 is 1.75 bits per heavy atom. The van der Waals surface area contributed by atoms with Crippen LogP contribution < -0.4 is 10.1 Å². The van der Waals surface area contributed by atoms with E-state index in [1.807, 2.05) is 13.8 Å². The van der Waals surface area contributed by atoms with Gasteiger partial charge in [-0.25, -0.2) is 0 Å². The molecule has 6 heteroatoms. The molecule has 0 aliphatic rings. The van der Waals surface area contributed by atoms with Crippen molar-refractivity contribution in [2.75, 3.05) is 7.11 Å². The summed E-state index contributed by atoms with van der Waals surface area (Å²) in [6, 6.07) is 6.69. The molecule has 0 aliphatic heterocycles. The molecule has 0 fully saturated rings. The highest BCUT2D eigenvalue weighted by molar-refractivity contribution is 5.98. The summed E-state index contributed by atoms with van der Waals surface area (Å²) in [6.07, 6.45) is -0.0744. The molecule has 2 N–H and O–H groups in total. The van der Waals surface area contributed by atoms with E-state index < -0.39 is 11.5 Å². The van der Waals surface area contributed by atoms with E-state index in [1.54, 1.807) is 38.3 Å². The van der Waals surface area contributed by atoms with Gasteiger partial charge in [-0.1, -0.05) is 13.8 Å². The van der Waals surface area contributed by atoms with E-state index in [0.29, 0.717) is 11.3 Å². The molecule has 0 spiro atoms. The predicted octanol–water partition coefficient (Wildman–Crippen LogP) is 2.66. The van der Waals surface area contributed by atoms with Gasteiger partial charge in [-0.15, -0.1) is 0 Å². The first kappa shape index (κ1) is 19.7. The molecule has 1 unspecified atom stereocenters. The molecule has 0 saturated carbocycles. The molecule has 0 heterocycles. The number of carbonyl (C=O) groups excluding carboxylic acids is 2. The summed E-state index contributed by atoms with van der Waals surface area (Å²) in [5.41, 5.74) is -0.327. The minimum Gasteiger partial charge on any atom is -0.497 e. The standard InChI is InChI=1S/C18H25NO5/c1-12(2)18(3,11-17(22)23)19-16(21)10-9-15(20)13-5-7-14(24-4)8-6-13/h5-8,12H,9-11H2,1-4H3,(H,19,21)(H,22,23). The molecule has 1 aromatic carbocycles. The summed E-state index contributed by atoms with van der Waals surface area (Å²) >= 11 is 0. The van der Waals surface area contributed by atoms with Gasteiger partial charge in [-0.05, 0) is 37.1 Å². The summed E-state index contributed by atoms with van der Waals surface area (Å²) in [4.78, 5) is 35.2. The van der Waals surface area contributed by atoms with E-state index in [1.165, 1.54) is 0 Å². The zero-order valence-corrected chi connectivity index (χ0v) is 14.6. The Bertz CT molecular complexity index is 594. The fourth-order valence-corrected chi connectivity index (χ4v) is 2.24. The van der Waals surface area contributed by atoms with Crippen LogP contribution >= 0.6 is 0 Å². The highest BCUT2D eigenvalue weighted by Gasteiger charge is 2.32. The van der Waals surface area contributed by atoms with Crippen molar-refractivity contribution in [3.63, 3.8) is 0 Å². The minimum absolute atomic E-state index is 0.0206. The lowest BCUT2D eigenvalue weighted by molar-refractivity contribution is -0.139. The topological polar surface area (TPSA) is 92.7 Å². The number of Topliss-reactive ketones (excluding diaryl/α,β-unsaturated/α-hetero) is 1. The van der Waals surface area contributed by atoms with Crippen molar-refractivity contribution in [3.8, 4) is 5.75 Å². The van der Waals surface area contributed by atoms with Crippen LogP contribution in [-0.2, 0) is 9.59 Å². The number of carbonyl (C=O) groups is 3. The maximum absolute atomic E-state index is 12.1. The second-order valence-electron chi connectivity index (χ2n) is 6.34. The SMILES string of the molecule is COc1ccc(C(=O)CCC(=O)NC(C)(CC(=O)O)C(C)C)cc1. The van der Waals surface area contributed by atoms with E-state index in [2.05, 4.69) is 5.32 Å². The molecule has 0 saturated heterocycles. The Morgan fingerprint density at radius 1 is 1.17 bits per heavy atom. The quantitative estimate of drug-likeness (QED) is 0.677. The molecule has 6 nitrogen and oxygen atoms in total. The van der Waals surface area contributed by atoms with Crippen LogP contribution in [0.4, 0.5) is 0 Å². The number of carboxylic acids is 1.